The maximum Gasteiger partial charge on any atom is 0.233 e. The highest BCUT2D eigenvalue weighted by atomic mass is 19.1. The van der Waals surface area contributed by atoms with Crippen LogP contribution in [0.2, 0.25) is 0 Å². The number of aromatic nitrogens is 2. The van der Waals surface area contributed by atoms with Gasteiger partial charge in [0.1, 0.15) is 0 Å². The zero-order valence-corrected chi connectivity index (χ0v) is 12.3. The quantitative estimate of drug-likeness (QED) is 0.885. The van der Waals surface area contributed by atoms with Crippen LogP contribution in [-0.2, 0) is 0 Å². The Bertz CT molecular complexity index is 590. The summed E-state index contributed by atoms with van der Waals surface area (Å²) in [6.07, 6.45) is 0. The SMILES string of the molecule is CCNC(c1ccc(OC)nn1)c1cccc(OC)c1F. The van der Waals surface area contributed by atoms with Crippen LogP contribution in [0.3, 0.4) is 0 Å². The van der Waals surface area contributed by atoms with E-state index in [1.807, 2.05) is 6.92 Å². The fourth-order valence-electron chi connectivity index (χ4n) is 2.08. The van der Waals surface area contributed by atoms with Gasteiger partial charge in [-0.05, 0) is 18.7 Å². The van der Waals surface area contributed by atoms with Crippen molar-refractivity contribution in [2.75, 3.05) is 20.8 Å². The molecule has 0 radical (unpaired) electrons. The van der Waals surface area contributed by atoms with Gasteiger partial charge < -0.3 is 14.8 Å². The molecule has 1 atom stereocenters. The predicted molar refractivity (Wildman–Crippen MR) is 77.1 cm³/mol. The Morgan fingerprint density at radius 1 is 1.14 bits per heavy atom. The summed E-state index contributed by atoms with van der Waals surface area (Å²) in [6, 6.07) is 8.10. The molecule has 1 heterocycles. The third-order valence-electron chi connectivity index (χ3n) is 3.10. The van der Waals surface area contributed by atoms with E-state index in [-0.39, 0.29) is 5.75 Å². The largest absolute Gasteiger partial charge is 0.494 e. The number of benzene rings is 1. The first-order chi connectivity index (χ1) is 10.2. The van der Waals surface area contributed by atoms with E-state index in [0.29, 0.717) is 23.7 Å². The molecule has 0 amide bonds. The van der Waals surface area contributed by atoms with E-state index >= 15 is 0 Å². The van der Waals surface area contributed by atoms with Gasteiger partial charge in [-0.15, -0.1) is 10.2 Å². The summed E-state index contributed by atoms with van der Waals surface area (Å²) in [5.41, 5.74) is 1.08. The molecule has 0 fully saturated rings. The van der Waals surface area contributed by atoms with Crippen LogP contribution in [0, 0.1) is 5.82 Å². The number of nitrogens with zero attached hydrogens (tertiary/aromatic N) is 2. The van der Waals surface area contributed by atoms with Crippen molar-refractivity contribution in [2.45, 2.75) is 13.0 Å². The Morgan fingerprint density at radius 2 is 1.95 bits per heavy atom. The summed E-state index contributed by atoms with van der Waals surface area (Å²) >= 11 is 0. The molecule has 0 saturated carbocycles. The van der Waals surface area contributed by atoms with E-state index in [1.165, 1.54) is 14.2 Å². The summed E-state index contributed by atoms with van der Waals surface area (Å²) in [5.74, 6) is 0.223. The van der Waals surface area contributed by atoms with Crippen molar-refractivity contribution in [1.29, 1.82) is 0 Å². The van der Waals surface area contributed by atoms with Crippen LogP contribution in [0.1, 0.15) is 24.2 Å². The van der Waals surface area contributed by atoms with Gasteiger partial charge in [-0.3, -0.25) is 0 Å². The molecule has 21 heavy (non-hydrogen) atoms. The van der Waals surface area contributed by atoms with Crippen molar-refractivity contribution in [2.24, 2.45) is 0 Å². The van der Waals surface area contributed by atoms with Gasteiger partial charge in [0.05, 0.1) is 26.0 Å². The van der Waals surface area contributed by atoms with E-state index in [4.69, 9.17) is 9.47 Å². The Balaban J connectivity index is 2.42. The van der Waals surface area contributed by atoms with E-state index in [1.54, 1.807) is 30.3 Å². The van der Waals surface area contributed by atoms with Gasteiger partial charge in [-0.1, -0.05) is 19.1 Å². The van der Waals surface area contributed by atoms with Crippen LogP contribution in [0.4, 0.5) is 4.39 Å². The maximum atomic E-state index is 14.4. The molecule has 2 aromatic rings. The highest BCUT2D eigenvalue weighted by Crippen LogP contribution is 2.28. The third-order valence-corrected chi connectivity index (χ3v) is 3.10. The van der Waals surface area contributed by atoms with Gasteiger partial charge in [0.15, 0.2) is 11.6 Å². The molecule has 0 saturated heterocycles. The van der Waals surface area contributed by atoms with Gasteiger partial charge in [0.25, 0.3) is 0 Å². The first kappa shape index (κ1) is 15.2. The fraction of sp³-hybridized carbons (Fsp3) is 0.333. The second kappa shape index (κ2) is 6.99. The van der Waals surface area contributed by atoms with Crippen LogP contribution in [0.15, 0.2) is 30.3 Å². The van der Waals surface area contributed by atoms with E-state index in [9.17, 15) is 4.39 Å². The molecule has 0 aliphatic heterocycles. The zero-order chi connectivity index (χ0) is 15.2. The number of rotatable bonds is 6. The molecule has 112 valence electrons. The van der Waals surface area contributed by atoms with Crippen molar-refractivity contribution in [1.82, 2.24) is 15.5 Å². The average molecular weight is 291 g/mol. The van der Waals surface area contributed by atoms with Crippen molar-refractivity contribution in [3.63, 3.8) is 0 Å². The Labute approximate surface area is 123 Å². The molecule has 1 aromatic carbocycles. The van der Waals surface area contributed by atoms with Crippen LogP contribution >= 0.6 is 0 Å². The lowest BCUT2D eigenvalue weighted by atomic mass is 10.0. The topological polar surface area (TPSA) is 56.3 Å². The normalized spacial score (nSPS) is 12.0. The number of ether oxygens (including phenoxy) is 2. The van der Waals surface area contributed by atoms with Gasteiger partial charge >= 0.3 is 0 Å². The predicted octanol–water partition coefficient (Wildman–Crippen LogP) is 2.33. The monoisotopic (exact) mass is 291 g/mol. The van der Waals surface area contributed by atoms with Gasteiger partial charge in [0, 0.05) is 11.6 Å². The van der Waals surface area contributed by atoms with Crippen molar-refractivity contribution < 1.29 is 13.9 Å². The molecule has 1 N–H and O–H groups in total. The van der Waals surface area contributed by atoms with Gasteiger partial charge in [0.2, 0.25) is 5.88 Å². The van der Waals surface area contributed by atoms with Gasteiger partial charge in [-0.2, -0.15) is 0 Å². The van der Waals surface area contributed by atoms with Gasteiger partial charge in [-0.25, -0.2) is 4.39 Å². The number of hydrogen-bond donors (Lipinski definition) is 1. The second-order valence-corrected chi connectivity index (χ2v) is 4.35. The standard InChI is InChI=1S/C15H18FN3O2/c1-4-17-15(11-8-9-13(21-3)19-18-11)10-6-5-7-12(20-2)14(10)16/h5-9,15,17H,4H2,1-3H3. The molecular weight excluding hydrogens is 273 g/mol. The van der Waals surface area contributed by atoms with E-state index in [2.05, 4.69) is 15.5 Å². The lowest BCUT2D eigenvalue weighted by molar-refractivity contribution is 0.380. The van der Waals surface area contributed by atoms with Crippen LogP contribution in [0.25, 0.3) is 0 Å². The van der Waals surface area contributed by atoms with Crippen LogP contribution in [0.5, 0.6) is 11.6 Å². The molecule has 0 aliphatic carbocycles. The first-order valence-electron chi connectivity index (χ1n) is 6.64. The van der Waals surface area contributed by atoms with Crippen LogP contribution in [-0.4, -0.2) is 31.0 Å². The molecular formula is C15H18FN3O2. The minimum atomic E-state index is -0.400. The summed E-state index contributed by atoms with van der Waals surface area (Å²) in [4.78, 5) is 0. The smallest absolute Gasteiger partial charge is 0.233 e. The number of methoxy groups -OCH3 is 2. The summed E-state index contributed by atoms with van der Waals surface area (Å²) < 4.78 is 24.5. The first-order valence-corrected chi connectivity index (χ1v) is 6.64. The molecule has 6 heteroatoms. The number of nitrogens with one attached hydrogen (secondary N) is 1. The molecule has 0 bridgehead atoms. The number of hydrogen-bond acceptors (Lipinski definition) is 5. The summed E-state index contributed by atoms with van der Waals surface area (Å²) in [7, 11) is 2.96. The molecule has 1 aromatic heterocycles. The zero-order valence-electron chi connectivity index (χ0n) is 12.3. The Morgan fingerprint density at radius 3 is 2.52 bits per heavy atom. The fourth-order valence-corrected chi connectivity index (χ4v) is 2.08. The second-order valence-electron chi connectivity index (χ2n) is 4.35. The minimum absolute atomic E-state index is 0.205. The van der Waals surface area contributed by atoms with Crippen LogP contribution < -0.4 is 14.8 Å². The highest BCUT2D eigenvalue weighted by Gasteiger charge is 2.21. The average Bonchev–Trinajstić information content (AvgIpc) is 2.53. The molecule has 2 rings (SSSR count). The third kappa shape index (κ3) is 3.28. The maximum absolute atomic E-state index is 14.4. The lowest BCUT2D eigenvalue weighted by Gasteiger charge is -2.19. The Hall–Kier alpha value is -2.21. The Kier molecular flexibility index (Phi) is 5.05. The summed E-state index contributed by atoms with van der Waals surface area (Å²) in [6.45, 7) is 2.61. The van der Waals surface area contributed by atoms with E-state index in [0.717, 1.165) is 0 Å². The highest BCUT2D eigenvalue weighted by molar-refractivity contribution is 5.36. The molecule has 5 nitrogen and oxygen atoms in total. The van der Waals surface area contributed by atoms with Crippen molar-refractivity contribution in [3.8, 4) is 11.6 Å². The van der Waals surface area contributed by atoms with E-state index < -0.39 is 11.9 Å². The molecule has 0 aliphatic rings. The molecule has 1 unspecified atom stereocenters. The molecule has 0 spiro atoms. The summed E-state index contributed by atoms with van der Waals surface area (Å²) in [5, 5.41) is 11.2. The number of halogens is 1. The minimum Gasteiger partial charge on any atom is -0.494 e. The van der Waals surface area contributed by atoms with Crippen molar-refractivity contribution in [3.05, 3.63) is 47.4 Å². The van der Waals surface area contributed by atoms with Crippen molar-refractivity contribution >= 4 is 0 Å². The lowest BCUT2D eigenvalue weighted by Crippen LogP contribution is -2.24.